The molecule has 0 atom stereocenters. The summed E-state index contributed by atoms with van der Waals surface area (Å²) in [6, 6.07) is 19.9. The van der Waals surface area contributed by atoms with Crippen LogP contribution in [-0.4, -0.2) is 5.97 Å². The fourth-order valence-corrected chi connectivity index (χ4v) is 3.54. The van der Waals surface area contributed by atoms with Crippen LogP contribution in [0.2, 0.25) is 0 Å². The van der Waals surface area contributed by atoms with Crippen molar-refractivity contribution in [3.8, 4) is 0 Å². The van der Waals surface area contributed by atoms with Crippen molar-refractivity contribution < 1.29 is 9.32 Å². The standard InChI is InChI=1S/C17H19O2P/c1-2-3-14-17(18)19-20(15-10-6-4-7-11-15)16-12-8-5-9-13-16/h4-13H,2-3,14H2,1H3. The molecule has 0 aliphatic carbocycles. The summed E-state index contributed by atoms with van der Waals surface area (Å²) in [5, 5.41) is 2.14. The summed E-state index contributed by atoms with van der Waals surface area (Å²) in [7, 11) is -1.06. The second-order valence-electron chi connectivity index (χ2n) is 4.53. The molecule has 0 bridgehead atoms. The second kappa shape index (κ2) is 7.81. The summed E-state index contributed by atoms with van der Waals surface area (Å²) in [5.74, 6) is -0.106. The van der Waals surface area contributed by atoms with E-state index in [0.29, 0.717) is 6.42 Å². The third-order valence-electron chi connectivity index (χ3n) is 2.91. The van der Waals surface area contributed by atoms with Gasteiger partial charge in [-0.1, -0.05) is 74.0 Å². The maximum absolute atomic E-state index is 12.0. The lowest BCUT2D eigenvalue weighted by atomic mass is 10.3. The lowest BCUT2D eigenvalue weighted by Crippen LogP contribution is -2.16. The molecule has 0 amide bonds. The first-order chi connectivity index (χ1) is 9.81. The smallest absolute Gasteiger partial charge is 0.309 e. The summed E-state index contributed by atoms with van der Waals surface area (Å²) < 4.78 is 5.75. The van der Waals surface area contributed by atoms with E-state index in [9.17, 15) is 4.79 Å². The zero-order chi connectivity index (χ0) is 14.2. The monoisotopic (exact) mass is 286 g/mol. The van der Waals surface area contributed by atoms with Gasteiger partial charge in [0.2, 0.25) is 0 Å². The number of rotatable bonds is 6. The number of benzene rings is 2. The molecule has 0 aliphatic rings. The molecule has 0 spiro atoms. The molecule has 0 saturated heterocycles. The fourth-order valence-electron chi connectivity index (χ4n) is 1.85. The number of unbranched alkanes of at least 4 members (excludes halogenated alkanes) is 1. The molecule has 0 unspecified atom stereocenters. The van der Waals surface area contributed by atoms with Crippen molar-refractivity contribution >= 4 is 24.7 Å². The van der Waals surface area contributed by atoms with E-state index < -0.39 is 8.15 Å². The lowest BCUT2D eigenvalue weighted by molar-refractivity contribution is -0.133. The van der Waals surface area contributed by atoms with E-state index in [2.05, 4.69) is 6.92 Å². The first-order valence-electron chi connectivity index (χ1n) is 6.92. The molecule has 2 rings (SSSR count). The van der Waals surface area contributed by atoms with Gasteiger partial charge in [-0.25, -0.2) is 0 Å². The van der Waals surface area contributed by atoms with Crippen LogP contribution in [0.25, 0.3) is 0 Å². The quantitative estimate of drug-likeness (QED) is 0.756. The fraction of sp³-hybridized carbons (Fsp3) is 0.235. The SMILES string of the molecule is CCCCC(=O)OP(c1ccccc1)c1ccccc1. The van der Waals surface area contributed by atoms with Crippen LogP contribution < -0.4 is 10.6 Å². The Balaban J connectivity index is 2.19. The Bertz CT molecular complexity index is 486. The molecule has 0 N–H and O–H groups in total. The van der Waals surface area contributed by atoms with Crippen molar-refractivity contribution in [2.75, 3.05) is 0 Å². The molecule has 0 radical (unpaired) electrons. The summed E-state index contributed by atoms with van der Waals surface area (Å²) in [6.07, 6.45) is 2.38. The van der Waals surface area contributed by atoms with Crippen LogP contribution >= 0.6 is 8.15 Å². The van der Waals surface area contributed by atoms with Gasteiger partial charge in [0.25, 0.3) is 0 Å². The molecule has 2 nitrogen and oxygen atoms in total. The predicted molar refractivity (Wildman–Crippen MR) is 84.7 cm³/mol. The highest BCUT2D eigenvalue weighted by atomic mass is 31.1. The van der Waals surface area contributed by atoms with Crippen LogP contribution in [-0.2, 0) is 9.32 Å². The Morgan fingerprint density at radius 2 is 1.45 bits per heavy atom. The summed E-state index contributed by atoms with van der Waals surface area (Å²) >= 11 is 0. The lowest BCUT2D eigenvalue weighted by Gasteiger charge is -2.17. The molecule has 20 heavy (non-hydrogen) atoms. The Labute approximate surface area is 121 Å². The average Bonchev–Trinajstić information content (AvgIpc) is 2.52. The van der Waals surface area contributed by atoms with Gasteiger partial charge in [-0.15, -0.1) is 0 Å². The highest BCUT2D eigenvalue weighted by Gasteiger charge is 2.19. The Hall–Kier alpha value is -1.66. The van der Waals surface area contributed by atoms with E-state index in [1.54, 1.807) is 0 Å². The summed E-state index contributed by atoms with van der Waals surface area (Å²) in [6.45, 7) is 2.07. The molecule has 0 aromatic heterocycles. The number of hydrogen-bond donors (Lipinski definition) is 0. The molecular formula is C17H19O2P. The van der Waals surface area contributed by atoms with Crippen LogP contribution in [0.5, 0.6) is 0 Å². The minimum absolute atomic E-state index is 0.106. The molecule has 0 fully saturated rings. The highest BCUT2D eigenvalue weighted by molar-refractivity contribution is 7.69. The van der Waals surface area contributed by atoms with Crippen molar-refractivity contribution in [1.82, 2.24) is 0 Å². The van der Waals surface area contributed by atoms with Gasteiger partial charge in [0.1, 0.15) is 0 Å². The zero-order valence-corrected chi connectivity index (χ0v) is 12.6. The van der Waals surface area contributed by atoms with Gasteiger partial charge < -0.3 is 4.52 Å². The minimum Gasteiger partial charge on any atom is -0.435 e. The first-order valence-corrected chi connectivity index (χ1v) is 8.18. The van der Waals surface area contributed by atoms with Gasteiger partial charge in [-0.3, -0.25) is 4.79 Å². The highest BCUT2D eigenvalue weighted by Crippen LogP contribution is 2.35. The van der Waals surface area contributed by atoms with Crippen molar-refractivity contribution in [1.29, 1.82) is 0 Å². The predicted octanol–water partition coefficient (Wildman–Crippen LogP) is 3.77. The summed E-state index contributed by atoms with van der Waals surface area (Å²) in [4.78, 5) is 12.0. The molecule has 2 aromatic rings. The van der Waals surface area contributed by atoms with E-state index >= 15 is 0 Å². The largest absolute Gasteiger partial charge is 0.435 e. The number of carbonyl (C=O) groups excluding carboxylic acids is 1. The minimum atomic E-state index is -1.06. The maximum atomic E-state index is 12.0. The molecule has 0 heterocycles. The van der Waals surface area contributed by atoms with Gasteiger partial charge >= 0.3 is 5.97 Å². The van der Waals surface area contributed by atoms with Gasteiger partial charge in [0.05, 0.1) is 0 Å². The van der Waals surface area contributed by atoms with Crippen molar-refractivity contribution in [3.63, 3.8) is 0 Å². The van der Waals surface area contributed by atoms with E-state index in [4.69, 9.17) is 4.52 Å². The Morgan fingerprint density at radius 3 is 1.90 bits per heavy atom. The molecule has 0 saturated carbocycles. The Kier molecular flexibility index (Phi) is 5.76. The average molecular weight is 286 g/mol. The van der Waals surface area contributed by atoms with Crippen molar-refractivity contribution in [2.45, 2.75) is 26.2 Å². The topological polar surface area (TPSA) is 26.3 Å². The van der Waals surface area contributed by atoms with Crippen LogP contribution in [0.3, 0.4) is 0 Å². The van der Waals surface area contributed by atoms with Crippen LogP contribution in [0.15, 0.2) is 60.7 Å². The van der Waals surface area contributed by atoms with Crippen molar-refractivity contribution in [2.24, 2.45) is 0 Å². The molecular weight excluding hydrogens is 267 g/mol. The van der Waals surface area contributed by atoms with E-state index in [-0.39, 0.29) is 5.97 Å². The molecule has 0 aliphatic heterocycles. The van der Waals surface area contributed by atoms with Crippen molar-refractivity contribution in [3.05, 3.63) is 60.7 Å². The molecule has 2 aromatic carbocycles. The molecule has 104 valence electrons. The number of carbonyl (C=O) groups is 1. The van der Waals surface area contributed by atoms with Crippen LogP contribution in [0.1, 0.15) is 26.2 Å². The van der Waals surface area contributed by atoms with Crippen LogP contribution in [0, 0.1) is 0 Å². The first kappa shape index (κ1) is 14.7. The number of hydrogen-bond acceptors (Lipinski definition) is 2. The van der Waals surface area contributed by atoms with Gasteiger partial charge in [-0.05, 0) is 6.42 Å². The molecule has 3 heteroatoms. The zero-order valence-electron chi connectivity index (χ0n) is 11.7. The summed E-state index contributed by atoms with van der Waals surface area (Å²) in [5.41, 5.74) is 0. The third-order valence-corrected chi connectivity index (χ3v) is 4.83. The third kappa shape index (κ3) is 4.18. The van der Waals surface area contributed by atoms with E-state index in [0.717, 1.165) is 23.5 Å². The van der Waals surface area contributed by atoms with Crippen LogP contribution in [0.4, 0.5) is 0 Å². The van der Waals surface area contributed by atoms with E-state index in [1.807, 2.05) is 60.7 Å². The van der Waals surface area contributed by atoms with E-state index in [1.165, 1.54) is 0 Å². The van der Waals surface area contributed by atoms with Gasteiger partial charge in [0.15, 0.2) is 8.15 Å². The van der Waals surface area contributed by atoms with Gasteiger partial charge in [-0.2, -0.15) is 0 Å². The normalized spacial score (nSPS) is 10.5. The maximum Gasteiger partial charge on any atom is 0.309 e. The van der Waals surface area contributed by atoms with Gasteiger partial charge in [0, 0.05) is 17.0 Å². The second-order valence-corrected chi connectivity index (χ2v) is 6.34. The Morgan fingerprint density at radius 1 is 0.950 bits per heavy atom.